The van der Waals surface area contributed by atoms with Crippen LogP contribution in [0.1, 0.15) is 56.3 Å². The number of anilines is 2. The van der Waals surface area contributed by atoms with Gasteiger partial charge < -0.3 is 15.5 Å². The van der Waals surface area contributed by atoms with E-state index in [0.29, 0.717) is 23.7 Å². The minimum absolute atomic E-state index is 0.0749. The Balaban J connectivity index is 2.15. The summed E-state index contributed by atoms with van der Waals surface area (Å²) in [5.41, 5.74) is 2.12. The summed E-state index contributed by atoms with van der Waals surface area (Å²) >= 11 is 0. The van der Waals surface area contributed by atoms with Gasteiger partial charge in [0.15, 0.2) is 0 Å². The molecule has 1 aromatic carbocycles. The Hall–Kier alpha value is -2.04. The molecule has 0 unspecified atom stereocenters. The van der Waals surface area contributed by atoms with Crippen molar-refractivity contribution in [3.05, 3.63) is 23.8 Å². The van der Waals surface area contributed by atoms with Crippen LogP contribution in [0.2, 0.25) is 0 Å². The molecule has 138 valence electrons. The zero-order valence-electron chi connectivity index (χ0n) is 15.9. The normalized spacial score (nSPS) is 15.1. The van der Waals surface area contributed by atoms with Crippen molar-refractivity contribution in [2.75, 3.05) is 30.9 Å². The molecule has 2 amide bonds. The third-order valence-electron chi connectivity index (χ3n) is 4.64. The van der Waals surface area contributed by atoms with Gasteiger partial charge in [0, 0.05) is 37.9 Å². The zero-order valence-corrected chi connectivity index (χ0v) is 15.9. The summed E-state index contributed by atoms with van der Waals surface area (Å²) in [5, 5.41) is 5.96. The predicted molar refractivity (Wildman–Crippen MR) is 103 cm³/mol. The molecule has 0 atom stereocenters. The first-order valence-corrected chi connectivity index (χ1v) is 9.29. The topological polar surface area (TPSA) is 61.4 Å². The lowest BCUT2D eigenvalue weighted by molar-refractivity contribution is -0.120. The summed E-state index contributed by atoms with van der Waals surface area (Å²) in [5.74, 6) is 0.457. The van der Waals surface area contributed by atoms with Gasteiger partial charge in [0.25, 0.3) is 5.91 Å². The van der Waals surface area contributed by atoms with Crippen LogP contribution in [-0.4, -0.2) is 32.5 Å². The number of carbonyl (C=O) groups is 2. The van der Waals surface area contributed by atoms with Crippen molar-refractivity contribution in [2.24, 2.45) is 11.8 Å². The highest BCUT2D eigenvalue weighted by Gasteiger charge is 2.22. The fourth-order valence-electron chi connectivity index (χ4n) is 3.19. The van der Waals surface area contributed by atoms with Crippen LogP contribution in [0.5, 0.6) is 0 Å². The van der Waals surface area contributed by atoms with Gasteiger partial charge in [0.05, 0.1) is 5.56 Å². The Morgan fingerprint density at radius 3 is 2.44 bits per heavy atom. The first-order chi connectivity index (χ1) is 11.9. The summed E-state index contributed by atoms with van der Waals surface area (Å²) in [7, 11) is 3.82. The molecule has 5 nitrogen and oxygen atoms in total. The lowest BCUT2D eigenvalue weighted by Crippen LogP contribution is -2.29. The molecule has 1 aliphatic carbocycles. The van der Waals surface area contributed by atoms with E-state index >= 15 is 0 Å². The fourth-order valence-corrected chi connectivity index (χ4v) is 3.19. The second kappa shape index (κ2) is 8.88. The van der Waals surface area contributed by atoms with Crippen LogP contribution in [0.4, 0.5) is 11.4 Å². The molecular weight excluding hydrogens is 314 g/mol. The van der Waals surface area contributed by atoms with Crippen molar-refractivity contribution in [2.45, 2.75) is 46.0 Å². The van der Waals surface area contributed by atoms with E-state index in [-0.39, 0.29) is 17.7 Å². The number of hydrogen-bond acceptors (Lipinski definition) is 3. The highest BCUT2D eigenvalue weighted by atomic mass is 16.2. The van der Waals surface area contributed by atoms with Crippen LogP contribution in [-0.2, 0) is 4.79 Å². The quantitative estimate of drug-likeness (QED) is 0.827. The van der Waals surface area contributed by atoms with Gasteiger partial charge in [0.2, 0.25) is 5.91 Å². The maximum absolute atomic E-state index is 12.6. The highest BCUT2D eigenvalue weighted by molar-refractivity contribution is 6.02. The van der Waals surface area contributed by atoms with Gasteiger partial charge in [-0.05, 0) is 37.0 Å². The summed E-state index contributed by atoms with van der Waals surface area (Å²) in [6, 6.07) is 5.54. The van der Waals surface area contributed by atoms with Crippen LogP contribution >= 0.6 is 0 Å². The predicted octanol–water partition coefficient (Wildman–Crippen LogP) is 3.66. The lowest BCUT2D eigenvalue weighted by Gasteiger charge is -2.22. The molecule has 2 rings (SSSR count). The molecule has 1 fully saturated rings. The Labute approximate surface area is 151 Å². The second-order valence-corrected chi connectivity index (χ2v) is 7.55. The van der Waals surface area contributed by atoms with Crippen LogP contribution in [0.3, 0.4) is 0 Å². The largest absolute Gasteiger partial charge is 0.377 e. The zero-order chi connectivity index (χ0) is 18.4. The van der Waals surface area contributed by atoms with Crippen molar-refractivity contribution in [1.82, 2.24) is 5.32 Å². The fraction of sp³-hybridized carbons (Fsp3) is 0.600. The van der Waals surface area contributed by atoms with Crippen molar-refractivity contribution < 1.29 is 9.59 Å². The molecule has 0 heterocycles. The van der Waals surface area contributed by atoms with E-state index < -0.39 is 0 Å². The average Bonchev–Trinajstić information content (AvgIpc) is 2.60. The molecule has 1 saturated carbocycles. The van der Waals surface area contributed by atoms with Crippen LogP contribution in [0.25, 0.3) is 0 Å². The number of amides is 2. The number of hydrogen-bond donors (Lipinski definition) is 2. The lowest BCUT2D eigenvalue weighted by atomic mass is 9.88. The van der Waals surface area contributed by atoms with Crippen molar-refractivity contribution >= 4 is 23.2 Å². The van der Waals surface area contributed by atoms with E-state index in [2.05, 4.69) is 24.5 Å². The molecule has 0 aliphatic heterocycles. The van der Waals surface area contributed by atoms with E-state index in [1.165, 1.54) is 6.42 Å². The van der Waals surface area contributed by atoms with E-state index in [4.69, 9.17) is 0 Å². The Morgan fingerprint density at radius 2 is 1.84 bits per heavy atom. The van der Waals surface area contributed by atoms with Gasteiger partial charge in [-0.25, -0.2) is 0 Å². The molecule has 5 heteroatoms. The Morgan fingerprint density at radius 1 is 1.16 bits per heavy atom. The molecule has 25 heavy (non-hydrogen) atoms. The Bertz CT molecular complexity index is 605. The molecule has 0 bridgehead atoms. The monoisotopic (exact) mass is 345 g/mol. The maximum atomic E-state index is 12.6. The first-order valence-electron chi connectivity index (χ1n) is 9.29. The van der Waals surface area contributed by atoms with Crippen molar-refractivity contribution in [3.63, 3.8) is 0 Å². The van der Waals surface area contributed by atoms with Gasteiger partial charge >= 0.3 is 0 Å². The smallest absolute Gasteiger partial charge is 0.253 e. The summed E-state index contributed by atoms with van der Waals surface area (Å²) in [4.78, 5) is 26.9. The number of nitrogens with zero attached hydrogens (tertiary/aromatic N) is 1. The molecule has 1 aliphatic rings. The Kier molecular flexibility index (Phi) is 6.85. The van der Waals surface area contributed by atoms with E-state index in [0.717, 1.165) is 31.4 Å². The molecule has 0 saturated heterocycles. The van der Waals surface area contributed by atoms with Crippen LogP contribution in [0.15, 0.2) is 18.2 Å². The SMILES string of the molecule is CC(C)CNC(=O)c1cc(NC(=O)C2CCCCC2)ccc1N(C)C. The van der Waals surface area contributed by atoms with Gasteiger partial charge in [-0.15, -0.1) is 0 Å². The minimum atomic E-state index is -0.105. The van der Waals surface area contributed by atoms with Gasteiger partial charge in [-0.1, -0.05) is 33.1 Å². The van der Waals surface area contributed by atoms with Crippen LogP contribution in [0, 0.1) is 11.8 Å². The molecule has 0 radical (unpaired) electrons. The van der Waals surface area contributed by atoms with Crippen LogP contribution < -0.4 is 15.5 Å². The maximum Gasteiger partial charge on any atom is 0.253 e. The van der Waals surface area contributed by atoms with Gasteiger partial charge in [0.1, 0.15) is 0 Å². The minimum Gasteiger partial charge on any atom is -0.377 e. The number of benzene rings is 1. The second-order valence-electron chi connectivity index (χ2n) is 7.55. The summed E-state index contributed by atoms with van der Waals surface area (Å²) in [6.45, 7) is 4.76. The molecule has 0 aromatic heterocycles. The van der Waals surface area contributed by atoms with E-state index in [1.807, 2.05) is 31.1 Å². The van der Waals surface area contributed by atoms with Crippen molar-refractivity contribution in [3.8, 4) is 0 Å². The first kappa shape index (κ1) is 19.3. The number of rotatable bonds is 6. The molecular formula is C20H31N3O2. The highest BCUT2D eigenvalue weighted by Crippen LogP contribution is 2.27. The molecule has 1 aromatic rings. The molecule has 2 N–H and O–H groups in total. The summed E-state index contributed by atoms with van der Waals surface area (Å²) < 4.78 is 0. The third-order valence-corrected chi connectivity index (χ3v) is 4.64. The van der Waals surface area contributed by atoms with Gasteiger partial charge in [-0.2, -0.15) is 0 Å². The number of carbonyl (C=O) groups excluding carboxylic acids is 2. The number of nitrogens with one attached hydrogen (secondary N) is 2. The summed E-state index contributed by atoms with van der Waals surface area (Å²) in [6.07, 6.45) is 5.40. The van der Waals surface area contributed by atoms with E-state index in [1.54, 1.807) is 6.07 Å². The van der Waals surface area contributed by atoms with Crippen molar-refractivity contribution in [1.29, 1.82) is 0 Å². The van der Waals surface area contributed by atoms with Gasteiger partial charge in [-0.3, -0.25) is 9.59 Å². The third kappa shape index (κ3) is 5.48. The van der Waals surface area contributed by atoms with E-state index in [9.17, 15) is 9.59 Å². The molecule has 0 spiro atoms. The standard InChI is InChI=1S/C20H31N3O2/c1-14(2)13-21-20(25)17-12-16(10-11-18(17)23(3)4)22-19(24)15-8-6-5-7-9-15/h10-12,14-15H,5-9,13H2,1-4H3,(H,21,25)(H,22,24). The average molecular weight is 345 g/mol.